The molecule has 2 heterocycles. The van der Waals surface area contributed by atoms with Crippen LogP contribution in [0.25, 0.3) is 0 Å². The minimum atomic E-state index is 0.544. The van der Waals surface area contributed by atoms with Gasteiger partial charge in [-0.15, -0.1) is 22.7 Å². The highest BCUT2D eigenvalue weighted by Crippen LogP contribution is 2.25. The van der Waals surface area contributed by atoms with Gasteiger partial charge in [0, 0.05) is 14.7 Å². The van der Waals surface area contributed by atoms with Crippen LogP contribution in [0.5, 0.6) is 0 Å². The van der Waals surface area contributed by atoms with E-state index in [4.69, 9.17) is 11.6 Å². The van der Waals surface area contributed by atoms with Gasteiger partial charge in [0.1, 0.15) is 5.15 Å². The summed E-state index contributed by atoms with van der Waals surface area (Å²) in [5.41, 5.74) is 0. The number of thiazole rings is 1. The van der Waals surface area contributed by atoms with Gasteiger partial charge in [0.2, 0.25) is 0 Å². The Labute approximate surface area is 103 Å². The Balaban J connectivity index is 1.98. The van der Waals surface area contributed by atoms with Crippen molar-refractivity contribution in [3.05, 3.63) is 31.3 Å². The lowest BCUT2D eigenvalue weighted by atomic mass is 10.5. The first-order valence-electron chi connectivity index (χ1n) is 3.82. The van der Waals surface area contributed by atoms with Crippen LogP contribution in [0.1, 0.15) is 4.88 Å². The predicted octanol–water partition coefficient (Wildman–Crippen LogP) is 4.23. The molecule has 1 N–H and O–H groups in total. The van der Waals surface area contributed by atoms with Crippen LogP contribution in [-0.2, 0) is 6.54 Å². The quantitative estimate of drug-likeness (QED) is 0.917. The van der Waals surface area contributed by atoms with Crippen molar-refractivity contribution in [3.63, 3.8) is 0 Å². The fraction of sp³-hybridized carbons (Fsp3) is 0.125. The molecule has 2 nitrogen and oxygen atoms in total. The molecule has 0 unspecified atom stereocenters. The van der Waals surface area contributed by atoms with E-state index in [1.165, 1.54) is 16.2 Å². The van der Waals surface area contributed by atoms with Crippen molar-refractivity contribution in [1.82, 2.24) is 4.98 Å². The highest BCUT2D eigenvalue weighted by molar-refractivity contribution is 9.10. The summed E-state index contributed by atoms with van der Waals surface area (Å²) in [7, 11) is 0. The highest BCUT2D eigenvalue weighted by atomic mass is 79.9. The zero-order valence-corrected chi connectivity index (χ0v) is 10.9. The molecule has 0 amide bonds. The molecule has 0 bridgehead atoms. The van der Waals surface area contributed by atoms with Gasteiger partial charge in [0.15, 0.2) is 5.13 Å². The molecule has 2 aromatic heterocycles. The maximum atomic E-state index is 5.70. The fourth-order valence-corrected chi connectivity index (χ4v) is 3.21. The summed E-state index contributed by atoms with van der Waals surface area (Å²) in [6.45, 7) is 0.780. The molecule has 14 heavy (non-hydrogen) atoms. The first-order chi connectivity index (χ1) is 6.75. The van der Waals surface area contributed by atoms with E-state index in [1.807, 2.05) is 11.4 Å². The first kappa shape index (κ1) is 10.4. The summed E-state index contributed by atoms with van der Waals surface area (Å²) in [5, 5.41) is 8.48. The van der Waals surface area contributed by atoms with Gasteiger partial charge in [0.25, 0.3) is 0 Å². The number of hydrogen-bond donors (Lipinski definition) is 1. The minimum Gasteiger partial charge on any atom is -0.357 e. The summed E-state index contributed by atoms with van der Waals surface area (Å²) in [4.78, 5) is 5.36. The van der Waals surface area contributed by atoms with E-state index in [0.717, 1.165) is 16.1 Å². The maximum absolute atomic E-state index is 5.70. The van der Waals surface area contributed by atoms with Gasteiger partial charge in [-0.05, 0) is 27.4 Å². The van der Waals surface area contributed by atoms with E-state index >= 15 is 0 Å². The number of rotatable bonds is 3. The van der Waals surface area contributed by atoms with Crippen LogP contribution in [0, 0.1) is 0 Å². The average molecular weight is 310 g/mol. The molecule has 6 heteroatoms. The third-order valence-electron chi connectivity index (χ3n) is 1.57. The van der Waals surface area contributed by atoms with Crippen LogP contribution in [0.15, 0.2) is 21.3 Å². The van der Waals surface area contributed by atoms with E-state index in [9.17, 15) is 0 Å². The molecule has 0 spiro atoms. The number of aromatic nitrogens is 1. The maximum Gasteiger partial charge on any atom is 0.184 e. The van der Waals surface area contributed by atoms with E-state index in [1.54, 1.807) is 11.3 Å². The fourth-order valence-electron chi connectivity index (χ4n) is 0.942. The number of nitrogens with one attached hydrogen (secondary N) is 1. The summed E-state index contributed by atoms with van der Waals surface area (Å²) < 4.78 is 1.14. The second-order valence-corrected chi connectivity index (χ2v) is 5.62. The molecule has 0 aliphatic carbocycles. The second-order valence-electron chi connectivity index (χ2n) is 2.52. The number of anilines is 1. The summed E-state index contributed by atoms with van der Waals surface area (Å²) >= 11 is 12.4. The Hall–Kier alpha value is -0.100. The Morgan fingerprint density at radius 2 is 2.36 bits per heavy atom. The van der Waals surface area contributed by atoms with Crippen LogP contribution in [0.2, 0.25) is 5.15 Å². The monoisotopic (exact) mass is 308 g/mol. The minimum absolute atomic E-state index is 0.544. The third-order valence-corrected chi connectivity index (χ3v) is 4.62. The molecule has 0 aliphatic heterocycles. The zero-order chi connectivity index (χ0) is 9.97. The van der Waals surface area contributed by atoms with Crippen molar-refractivity contribution in [1.29, 1.82) is 0 Å². The molecule has 2 rings (SSSR count). The first-order valence-corrected chi connectivity index (χ1v) is 6.75. The Kier molecular flexibility index (Phi) is 3.43. The van der Waals surface area contributed by atoms with Crippen molar-refractivity contribution in [3.8, 4) is 0 Å². The van der Waals surface area contributed by atoms with Gasteiger partial charge < -0.3 is 5.32 Å². The van der Waals surface area contributed by atoms with Gasteiger partial charge in [-0.1, -0.05) is 11.6 Å². The number of thiophene rings is 1. The highest BCUT2D eigenvalue weighted by Gasteiger charge is 2.02. The van der Waals surface area contributed by atoms with Gasteiger partial charge in [0.05, 0.1) is 6.54 Å². The molecule has 2 aromatic rings. The Morgan fingerprint density at radius 1 is 1.50 bits per heavy atom. The van der Waals surface area contributed by atoms with Gasteiger partial charge in [-0.2, -0.15) is 0 Å². The standard InChI is InChI=1S/C8H6BrClN2S2/c9-5-1-2-13-6(5)3-11-8-12-7(10)4-14-8/h1-2,4H,3H2,(H,11,12). The molecule has 74 valence electrons. The molecule has 0 fully saturated rings. The van der Waals surface area contributed by atoms with Crippen LogP contribution in [0.3, 0.4) is 0 Å². The van der Waals surface area contributed by atoms with E-state index < -0.39 is 0 Å². The van der Waals surface area contributed by atoms with Crippen molar-refractivity contribution in [2.24, 2.45) is 0 Å². The number of nitrogens with zero attached hydrogens (tertiary/aromatic N) is 1. The SMILES string of the molecule is Clc1csc(NCc2sccc2Br)n1. The second kappa shape index (κ2) is 4.61. The van der Waals surface area contributed by atoms with Crippen molar-refractivity contribution in [2.75, 3.05) is 5.32 Å². The lowest BCUT2D eigenvalue weighted by molar-refractivity contribution is 1.16. The molecule has 0 saturated carbocycles. The summed E-state index contributed by atoms with van der Waals surface area (Å²) in [6.07, 6.45) is 0. The van der Waals surface area contributed by atoms with E-state index in [2.05, 4.69) is 31.6 Å². The van der Waals surface area contributed by atoms with Crippen LogP contribution in [-0.4, -0.2) is 4.98 Å². The number of halogens is 2. The Morgan fingerprint density at radius 3 is 2.93 bits per heavy atom. The van der Waals surface area contributed by atoms with Gasteiger partial charge in [-0.25, -0.2) is 4.98 Å². The van der Waals surface area contributed by atoms with E-state index in [0.29, 0.717) is 5.15 Å². The van der Waals surface area contributed by atoms with E-state index in [-0.39, 0.29) is 0 Å². The van der Waals surface area contributed by atoms with Crippen LogP contribution < -0.4 is 5.32 Å². The van der Waals surface area contributed by atoms with Crippen molar-refractivity contribution < 1.29 is 0 Å². The molecule has 0 aromatic carbocycles. The largest absolute Gasteiger partial charge is 0.357 e. The van der Waals surface area contributed by atoms with Crippen LogP contribution in [0.4, 0.5) is 5.13 Å². The molecule has 0 atom stereocenters. The molecule has 0 aliphatic rings. The van der Waals surface area contributed by atoms with Crippen molar-refractivity contribution in [2.45, 2.75) is 6.54 Å². The summed E-state index contributed by atoms with van der Waals surface area (Å²) in [5.74, 6) is 0. The topological polar surface area (TPSA) is 24.9 Å². The zero-order valence-electron chi connectivity index (χ0n) is 6.96. The third kappa shape index (κ3) is 2.48. The predicted molar refractivity (Wildman–Crippen MR) is 66.5 cm³/mol. The smallest absolute Gasteiger partial charge is 0.184 e. The van der Waals surface area contributed by atoms with Gasteiger partial charge in [-0.3, -0.25) is 0 Å². The normalized spacial score (nSPS) is 10.4. The number of hydrogen-bond acceptors (Lipinski definition) is 4. The summed E-state index contributed by atoms with van der Waals surface area (Å²) in [6, 6.07) is 2.04. The molecular formula is C8H6BrClN2S2. The average Bonchev–Trinajstić information content (AvgIpc) is 2.72. The molecule has 0 saturated heterocycles. The lowest BCUT2D eigenvalue weighted by Gasteiger charge is -1.99. The van der Waals surface area contributed by atoms with Crippen molar-refractivity contribution >= 4 is 55.3 Å². The van der Waals surface area contributed by atoms with Crippen LogP contribution >= 0.6 is 50.2 Å². The molecule has 0 radical (unpaired) electrons. The molecular weight excluding hydrogens is 304 g/mol. The Bertz CT molecular complexity index is 426. The van der Waals surface area contributed by atoms with Gasteiger partial charge >= 0.3 is 0 Å². The lowest BCUT2D eigenvalue weighted by Crippen LogP contribution is -1.96.